The zero-order valence-corrected chi connectivity index (χ0v) is 22.6. The molecule has 0 fully saturated rings. The summed E-state index contributed by atoms with van der Waals surface area (Å²) < 4.78 is 4.92. The number of aromatic nitrogens is 1. The van der Waals surface area contributed by atoms with E-state index in [0.29, 0.717) is 35.0 Å². The number of methoxy groups -OCH3 is 1. The minimum absolute atomic E-state index is 0.126. The van der Waals surface area contributed by atoms with Crippen LogP contribution in [0.5, 0.6) is 0 Å². The average molecular weight is 509 g/mol. The Morgan fingerprint density at radius 2 is 1.81 bits per heavy atom. The van der Waals surface area contributed by atoms with E-state index in [1.54, 1.807) is 18.2 Å². The van der Waals surface area contributed by atoms with Crippen LogP contribution in [0.3, 0.4) is 0 Å². The van der Waals surface area contributed by atoms with Gasteiger partial charge in [-0.3, -0.25) is 4.79 Å². The number of rotatable bonds is 10. The summed E-state index contributed by atoms with van der Waals surface area (Å²) in [5.74, 6) is -0.439. The fraction of sp³-hybridized carbons (Fsp3) is 0.393. The molecule has 3 aromatic rings. The highest BCUT2D eigenvalue weighted by molar-refractivity contribution is 7.80. The molecule has 0 atom stereocenters. The van der Waals surface area contributed by atoms with Crippen molar-refractivity contribution in [2.75, 3.05) is 38.6 Å². The van der Waals surface area contributed by atoms with Crippen molar-refractivity contribution in [2.24, 2.45) is 0 Å². The predicted molar refractivity (Wildman–Crippen MR) is 151 cm³/mol. The fourth-order valence-electron chi connectivity index (χ4n) is 4.39. The molecule has 1 aromatic heterocycles. The lowest BCUT2D eigenvalue weighted by molar-refractivity contribution is 0.0602. The number of H-pyrrole nitrogens is 1. The van der Waals surface area contributed by atoms with Crippen LogP contribution in [-0.2, 0) is 11.3 Å². The van der Waals surface area contributed by atoms with Gasteiger partial charge in [-0.1, -0.05) is 32.0 Å². The Morgan fingerprint density at radius 3 is 2.50 bits per heavy atom. The molecule has 192 valence electrons. The topological polar surface area (TPSA) is 77.7 Å². The number of carbonyl (C=O) groups excluding carboxylic acids is 1. The SMILES string of the molecule is CCN(CC)CCCN(Cc1cc2c(C)cc(C)cc2[nH]c1=O)C(=S)Nc1ccccc1C(=O)OC. The summed E-state index contributed by atoms with van der Waals surface area (Å²) >= 11 is 5.79. The average Bonchev–Trinajstić information content (AvgIpc) is 2.86. The molecule has 0 spiro atoms. The summed E-state index contributed by atoms with van der Waals surface area (Å²) in [7, 11) is 1.35. The lowest BCUT2D eigenvalue weighted by Gasteiger charge is -2.28. The van der Waals surface area contributed by atoms with Crippen molar-refractivity contribution in [3.8, 4) is 0 Å². The number of para-hydroxylation sites is 1. The predicted octanol–water partition coefficient (Wildman–Crippen LogP) is 4.86. The van der Waals surface area contributed by atoms with Gasteiger partial charge in [0.1, 0.15) is 0 Å². The summed E-state index contributed by atoms with van der Waals surface area (Å²) in [6.07, 6.45) is 0.881. The second kappa shape index (κ2) is 12.6. The van der Waals surface area contributed by atoms with Crippen LogP contribution in [0.25, 0.3) is 10.9 Å². The number of fused-ring (bicyclic) bond motifs is 1. The maximum atomic E-state index is 13.0. The number of pyridine rings is 1. The normalized spacial score (nSPS) is 11.1. The van der Waals surface area contributed by atoms with Crippen LogP contribution < -0.4 is 10.9 Å². The van der Waals surface area contributed by atoms with Crippen molar-refractivity contribution in [3.05, 3.63) is 75.1 Å². The Labute approximate surface area is 218 Å². The third-order valence-electron chi connectivity index (χ3n) is 6.41. The third kappa shape index (κ3) is 6.71. The van der Waals surface area contributed by atoms with Crippen LogP contribution in [0.1, 0.15) is 47.3 Å². The van der Waals surface area contributed by atoms with E-state index in [0.717, 1.165) is 48.1 Å². The molecule has 0 amide bonds. The molecular formula is C28H36N4O3S. The zero-order chi connectivity index (χ0) is 26.2. The minimum Gasteiger partial charge on any atom is -0.465 e. The molecule has 7 nitrogen and oxygen atoms in total. The number of carbonyl (C=O) groups is 1. The number of thiocarbonyl (C=S) groups is 1. The summed E-state index contributed by atoms with van der Waals surface area (Å²) in [5, 5.41) is 4.69. The molecule has 0 bridgehead atoms. The molecule has 0 aliphatic carbocycles. The Balaban J connectivity index is 1.90. The quantitative estimate of drug-likeness (QED) is 0.299. The van der Waals surface area contributed by atoms with Crippen LogP contribution in [0.2, 0.25) is 0 Å². The van der Waals surface area contributed by atoms with E-state index in [1.165, 1.54) is 7.11 Å². The second-order valence-electron chi connectivity index (χ2n) is 8.94. The summed E-state index contributed by atoms with van der Waals surface area (Å²) in [4.78, 5) is 32.7. The molecule has 0 aliphatic rings. The highest BCUT2D eigenvalue weighted by atomic mass is 32.1. The number of aryl methyl sites for hydroxylation is 2. The van der Waals surface area contributed by atoms with Crippen molar-refractivity contribution in [1.82, 2.24) is 14.8 Å². The van der Waals surface area contributed by atoms with Crippen LogP contribution in [0.15, 0.2) is 47.3 Å². The van der Waals surface area contributed by atoms with E-state index in [4.69, 9.17) is 17.0 Å². The first kappa shape index (κ1) is 27.4. The van der Waals surface area contributed by atoms with Crippen LogP contribution in [-0.4, -0.2) is 59.2 Å². The number of anilines is 1. The number of hydrogen-bond acceptors (Lipinski definition) is 5. The number of nitrogens with one attached hydrogen (secondary N) is 2. The Morgan fingerprint density at radius 1 is 1.08 bits per heavy atom. The van der Waals surface area contributed by atoms with Crippen molar-refractivity contribution in [1.29, 1.82) is 0 Å². The van der Waals surface area contributed by atoms with Gasteiger partial charge in [0.15, 0.2) is 5.11 Å². The zero-order valence-electron chi connectivity index (χ0n) is 21.8. The Hall–Kier alpha value is -3.23. The Bertz CT molecular complexity index is 1280. The molecular weight excluding hydrogens is 472 g/mol. The number of esters is 1. The lowest BCUT2D eigenvalue weighted by Crippen LogP contribution is -2.38. The van der Waals surface area contributed by atoms with Crippen molar-refractivity contribution in [2.45, 2.75) is 40.7 Å². The van der Waals surface area contributed by atoms with E-state index in [9.17, 15) is 9.59 Å². The number of nitrogens with zero attached hydrogens (tertiary/aromatic N) is 2. The van der Waals surface area contributed by atoms with Gasteiger partial charge in [-0.25, -0.2) is 4.79 Å². The summed E-state index contributed by atoms with van der Waals surface area (Å²) in [5.41, 5.74) is 4.55. The van der Waals surface area contributed by atoms with E-state index in [2.05, 4.69) is 42.0 Å². The highest BCUT2D eigenvalue weighted by Crippen LogP contribution is 2.20. The van der Waals surface area contributed by atoms with Crippen molar-refractivity contribution >= 4 is 39.9 Å². The largest absolute Gasteiger partial charge is 0.465 e. The lowest BCUT2D eigenvalue weighted by atomic mass is 10.0. The minimum atomic E-state index is -0.439. The first-order valence-electron chi connectivity index (χ1n) is 12.4. The maximum Gasteiger partial charge on any atom is 0.339 e. The van der Waals surface area contributed by atoms with Crippen LogP contribution in [0, 0.1) is 13.8 Å². The molecule has 2 N–H and O–H groups in total. The monoisotopic (exact) mass is 508 g/mol. The molecule has 1 heterocycles. The van der Waals surface area contributed by atoms with E-state index < -0.39 is 5.97 Å². The molecule has 2 aromatic carbocycles. The number of ether oxygens (including phenoxy) is 1. The van der Waals surface area contributed by atoms with Crippen molar-refractivity contribution in [3.63, 3.8) is 0 Å². The number of benzene rings is 2. The fourth-order valence-corrected chi connectivity index (χ4v) is 4.66. The first-order chi connectivity index (χ1) is 17.3. The molecule has 0 saturated heterocycles. The smallest absolute Gasteiger partial charge is 0.339 e. The van der Waals surface area contributed by atoms with Gasteiger partial charge in [-0.05, 0) is 87.5 Å². The van der Waals surface area contributed by atoms with Gasteiger partial charge in [0.2, 0.25) is 0 Å². The standard InChI is InChI=1S/C28H36N4O3S/c1-6-31(7-2)13-10-14-32(28(36)30-24-12-9-8-11-22(24)27(34)35-5)18-21-17-23-20(4)15-19(3)16-25(23)29-26(21)33/h8-9,11-12,15-17H,6-7,10,13-14,18H2,1-5H3,(H,29,33)(H,30,36). The van der Waals surface area contributed by atoms with Gasteiger partial charge in [-0.15, -0.1) is 0 Å². The molecule has 0 radical (unpaired) electrons. The second-order valence-corrected chi connectivity index (χ2v) is 9.32. The first-order valence-corrected chi connectivity index (χ1v) is 12.8. The number of aromatic amines is 1. The third-order valence-corrected chi connectivity index (χ3v) is 6.77. The van der Waals surface area contributed by atoms with Gasteiger partial charge >= 0.3 is 5.97 Å². The Kier molecular flexibility index (Phi) is 9.61. The van der Waals surface area contributed by atoms with E-state index in [-0.39, 0.29) is 5.56 Å². The molecule has 8 heteroatoms. The van der Waals surface area contributed by atoms with Gasteiger partial charge in [0.05, 0.1) is 24.9 Å². The van der Waals surface area contributed by atoms with Crippen LogP contribution >= 0.6 is 12.2 Å². The molecule has 0 saturated carbocycles. The number of hydrogen-bond donors (Lipinski definition) is 2. The van der Waals surface area contributed by atoms with E-state index in [1.807, 2.05) is 30.0 Å². The molecule has 0 unspecified atom stereocenters. The van der Waals surface area contributed by atoms with Gasteiger partial charge < -0.3 is 24.8 Å². The van der Waals surface area contributed by atoms with Crippen molar-refractivity contribution < 1.29 is 9.53 Å². The van der Waals surface area contributed by atoms with Gasteiger partial charge in [0, 0.05) is 23.0 Å². The van der Waals surface area contributed by atoms with Gasteiger partial charge in [-0.2, -0.15) is 0 Å². The molecule has 0 aliphatic heterocycles. The van der Waals surface area contributed by atoms with Crippen LogP contribution in [0.4, 0.5) is 5.69 Å². The maximum absolute atomic E-state index is 13.0. The van der Waals surface area contributed by atoms with E-state index >= 15 is 0 Å². The highest BCUT2D eigenvalue weighted by Gasteiger charge is 2.18. The summed E-state index contributed by atoms with van der Waals surface area (Å²) in [6.45, 7) is 12.3. The molecule has 3 rings (SSSR count). The summed E-state index contributed by atoms with van der Waals surface area (Å²) in [6, 6.07) is 13.2. The van der Waals surface area contributed by atoms with Gasteiger partial charge in [0.25, 0.3) is 5.56 Å². The molecule has 36 heavy (non-hydrogen) atoms.